The van der Waals surface area contributed by atoms with Crippen LogP contribution in [0.3, 0.4) is 0 Å². The Labute approximate surface area is 117 Å². The number of hydrogen-bond acceptors (Lipinski definition) is 2. The molecule has 3 nitrogen and oxygen atoms in total. The average molecular weight is 266 g/mol. The summed E-state index contributed by atoms with van der Waals surface area (Å²) in [7, 11) is 0. The van der Waals surface area contributed by atoms with E-state index in [1.807, 2.05) is 0 Å². The van der Waals surface area contributed by atoms with E-state index in [1.54, 1.807) is 0 Å². The summed E-state index contributed by atoms with van der Waals surface area (Å²) in [6, 6.07) is 0.482. The zero-order valence-electron chi connectivity index (χ0n) is 13.0. The van der Waals surface area contributed by atoms with Gasteiger partial charge in [-0.05, 0) is 42.4 Å². The molecule has 0 radical (unpaired) electrons. The SMILES string of the molecule is CCCCNC(=O)CNC1C2(C)CCC(C2)C1(C)C. The maximum Gasteiger partial charge on any atom is 0.233 e. The van der Waals surface area contributed by atoms with Gasteiger partial charge in [0.15, 0.2) is 0 Å². The van der Waals surface area contributed by atoms with Gasteiger partial charge in [-0.1, -0.05) is 34.1 Å². The van der Waals surface area contributed by atoms with Crippen LogP contribution in [0.25, 0.3) is 0 Å². The molecule has 3 heteroatoms. The van der Waals surface area contributed by atoms with E-state index >= 15 is 0 Å². The smallest absolute Gasteiger partial charge is 0.233 e. The van der Waals surface area contributed by atoms with Crippen molar-refractivity contribution in [2.24, 2.45) is 16.7 Å². The van der Waals surface area contributed by atoms with Crippen molar-refractivity contribution in [3.8, 4) is 0 Å². The highest BCUT2D eigenvalue weighted by atomic mass is 16.1. The molecular weight excluding hydrogens is 236 g/mol. The van der Waals surface area contributed by atoms with Gasteiger partial charge >= 0.3 is 0 Å². The standard InChI is InChI=1S/C16H30N2O/c1-5-6-9-17-13(19)11-18-14-15(2,3)12-7-8-16(14,4)10-12/h12,14,18H,5-11H2,1-4H3,(H,17,19). The second-order valence-corrected chi connectivity index (χ2v) is 7.43. The lowest BCUT2D eigenvalue weighted by atomic mass is 9.68. The van der Waals surface area contributed by atoms with Crippen molar-refractivity contribution in [2.45, 2.75) is 65.8 Å². The molecule has 0 heterocycles. The molecule has 0 aliphatic heterocycles. The molecule has 2 aliphatic rings. The van der Waals surface area contributed by atoms with Gasteiger partial charge in [0.1, 0.15) is 0 Å². The molecule has 0 saturated heterocycles. The number of amides is 1. The predicted octanol–water partition coefficient (Wildman–Crippen LogP) is 2.71. The summed E-state index contributed by atoms with van der Waals surface area (Å²) in [5, 5.41) is 6.55. The lowest BCUT2D eigenvalue weighted by Crippen LogP contribution is -2.52. The highest BCUT2D eigenvalue weighted by Gasteiger charge is 2.58. The predicted molar refractivity (Wildman–Crippen MR) is 78.9 cm³/mol. The third kappa shape index (κ3) is 2.81. The lowest BCUT2D eigenvalue weighted by Gasteiger charge is -2.43. The first-order valence-electron chi connectivity index (χ1n) is 7.90. The Balaban J connectivity index is 1.84. The number of unbranched alkanes of at least 4 members (excludes halogenated alkanes) is 1. The number of hydrogen-bond donors (Lipinski definition) is 2. The van der Waals surface area contributed by atoms with Crippen LogP contribution >= 0.6 is 0 Å². The number of fused-ring (bicyclic) bond motifs is 2. The molecule has 3 unspecified atom stereocenters. The van der Waals surface area contributed by atoms with Crippen molar-refractivity contribution >= 4 is 5.91 Å². The molecule has 0 aromatic carbocycles. The molecular formula is C16H30N2O. The van der Waals surface area contributed by atoms with Gasteiger partial charge in [-0.25, -0.2) is 0 Å². The van der Waals surface area contributed by atoms with Crippen molar-refractivity contribution in [3.63, 3.8) is 0 Å². The first kappa shape index (κ1) is 14.8. The molecule has 110 valence electrons. The summed E-state index contributed by atoms with van der Waals surface area (Å²) in [5.41, 5.74) is 0.731. The summed E-state index contributed by atoms with van der Waals surface area (Å²) in [5.74, 6) is 0.980. The fraction of sp³-hybridized carbons (Fsp3) is 0.938. The van der Waals surface area contributed by atoms with E-state index in [4.69, 9.17) is 0 Å². The van der Waals surface area contributed by atoms with Gasteiger partial charge in [0, 0.05) is 12.6 Å². The van der Waals surface area contributed by atoms with Gasteiger partial charge in [0.25, 0.3) is 0 Å². The van der Waals surface area contributed by atoms with Crippen molar-refractivity contribution in [3.05, 3.63) is 0 Å². The maximum absolute atomic E-state index is 11.8. The Bertz CT molecular complexity index is 335. The third-order valence-corrected chi connectivity index (χ3v) is 5.59. The Morgan fingerprint density at radius 1 is 1.32 bits per heavy atom. The summed E-state index contributed by atoms with van der Waals surface area (Å²) < 4.78 is 0. The van der Waals surface area contributed by atoms with Gasteiger partial charge in [-0.15, -0.1) is 0 Å². The van der Waals surface area contributed by atoms with Gasteiger partial charge in [0.2, 0.25) is 5.91 Å². The second-order valence-electron chi connectivity index (χ2n) is 7.43. The second kappa shape index (κ2) is 5.43. The van der Waals surface area contributed by atoms with Crippen LogP contribution in [0.2, 0.25) is 0 Å². The molecule has 2 rings (SSSR count). The molecule has 2 saturated carbocycles. The van der Waals surface area contributed by atoms with Crippen LogP contribution in [0.1, 0.15) is 59.8 Å². The zero-order chi connectivity index (χ0) is 14.1. The quantitative estimate of drug-likeness (QED) is 0.726. The van der Waals surface area contributed by atoms with Crippen molar-refractivity contribution in [1.29, 1.82) is 0 Å². The molecule has 0 aromatic rings. The van der Waals surface area contributed by atoms with Crippen LogP contribution < -0.4 is 10.6 Å². The molecule has 2 aliphatic carbocycles. The van der Waals surface area contributed by atoms with E-state index in [0.29, 0.717) is 23.4 Å². The Hall–Kier alpha value is -0.570. The normalized spacial score (nSPS) is 35.6. The molecule has 3 atom stereocenters. The van der Waals surface area contributed by atoms with Crippen LogP contribution in [0.15, 0.2) is 0 Å². The van der Waals surface area contributed by atoms with Crippen LogP contribution in [0.5, 0.6) is 0 Å². The summed E-state index contributed by atoms with van der Waals surface area (Å²) in [4.78, 5) is 11.8. The van der Waals surface area contributed by atoms with E-state index in [0.717, 1.165) is 25.3 Å². The molecule has 2 N–H and O–H groups in total. The maximum atomic E-state index is 11.8. The van der Waals surface area contributed by atoms with Crippen molar-refractivity contribution in [2.75, 3.05) is 13.1 Å². The fourth-order valence-corrected chi connectivity index (χ4v) is 4.47. The van der Waals surface area contributed by atoms with Crippen LogP contribution in [0, 0.1) is 16.7 Å². The average Bonchev–Trinajstić information content (AvgIpc) is 2.80. The lowest BCUT2D eigenvalue weighted by molar-refractivity contribution is -0.120. The molecule has 2 bridgehead atoms. The zero-order valence-corrected chi connectivity index (χ0v) is 13.0. The Morgan fingerprint density at radius 2 is 2.05 bits per heavy atom. The summed E-state index contributed by atoms with van der Waals surface area (Å²) in [6.07, 6.45) is 6.21. The molecule has 1 amide bonds. The first-order valence-corrected chi connectivity index (χ1v) is 7.90. The van der Waals surface area contributed by atoms with E-state index < -0.39 is 0 Å². The molecule has 19 heavy (non-hydrogen) atoms. The number of carbonyl (C=O) groups is 1. The fourth-order valence-electron chi connectivity index (χ4n) is 4.47. The Kier molecular flexibility index (Phi) is 4.24. The van der Waals surface area contributed by atoms with Gasteiger partial charge in [-0.3, -0.25) is 4.79 Å². The minimum atomic E-state index is 0.149. The highest BCUT2D eigenvalue weighted by molar-refractivity contribution is 5.78. The third-order valence-electron chi connectivity index (χ3n) is 5.59. The van der Waals surface area contributed by atoms with Crippen molar-refractivity contribution in [1.82, 2.24) is 10.6 Å². The van der Waals surface area contributed by atoms with Crippen molar-refractivity contribution < 1.29 is 4.79 Å². The molecule has 0 spiro atoms. The number of nitrogens with one attached hydrogen (secondary N) is 2. The minimum absolute atomic E-state index is 0.149. The van der Waals surface area contributed by atoms with Gasteiger partial charge < -0.3 is 10.6 Å². The minimum Gasteiger partial charge on any atom is -0.355 e. The molecule has 2 fully saturated rings. The summed E-state index contributed by atoms with van der Waals surface area (Å²) >= 11 is 0. The summed E-state index contributed by atoms with van der Waals surface area (Å²) in [6.45, 7) is 10.6. The Morgan fingerprint density at radius 3 is 2.63 bits per heavy atom. The topological polar surface area (TPSA) is 41.1 Å². The van der Waals surface area contributed by atoms with Crippen LogP contribution in [-0.2, 0) is 4.79 Å². The van der Waals surface area contributed by atoms with E-state index in [2.05, 4.69) is 38.3 Å². The number of rotatable bonds is 6. The highest BCUT2D eigenvalue weighted by Crippen LogP contribution is 2.62. The first-order chi connectivity index (χ1) is 8.90. The van der Waals surface area contributed by atoms with Crippen LogP contribution in [-0.4, -0.2) is 25.0 Å². The largest absolute Gasteiger partial charge is 0.355 e. The monoisotopic (exact) mass is 266 g/mol. The van der Waals surface area contributed by atoms with E-state index in [9.17, 15) is 4.79 Å². The van der Waals surface area contributed by atoms with E-state index in [-0.39, 0.29) is 5.91 Å². The van der Waals surface area contributed by atoms with Gasteiger partial charge in [-0.2, -0.15) is 0 Å². The van der Waals surface area contributed by atoms with Crippen LogP contribution in [0.4, 0.5) is 0 Å². The number of carbonyl (C=O) groups excluding carboxylic acids is 1. The van der Waals surface area contributed by atoms with Gasteiger partial charge in [0.05, 0.1) is 6.54 Å². The molecule has 0 aromatic heterocycles. The van der Waals surface area contributed by atoms with E-state index in [1.165, 1.54) is 19.3 Å².